The molecule has 0 amide bonds. The van der Waals surface area contributed by atoms with E-state index < -0.39 is 0 Å². The quantitative estimate of drug-likeness (QED) is 0.559. The molecule has 3 heteroatoms. The Morgan fingerprint density at radius 2 is 2.15 bits per heavy atom. The average Bonchev–Trinajstić information content (AvgIpc) is 2.09. The molecular formula is C10H10NO2+. The van der Waals surface area contributed by atoms with Crippen LogP contribution in [0.5, 0.6) is 0 Å². The van der Waals surface area contributed by atoms with Crippen molar-refractivity contribution in [2.45, 2.75) is 6.92 Å². The van der Waals surface area contributed by atoms with E-state index in [2.05, 4.69) is 0 Å². The van der Waals surface area contributed by atoms with Gasteiger partial charge >= 0.3 is 5.76 Å². The summed E-state index contributed by atoms with van der Waals surface area (Å²) in [5.41, 5.74) is 1.65. The van der Waals surface area contributed by atoms with Crippen molar-refractivity contribution in [2.24, 2.45) is 7.05 Å². The van der Waals surface area contributed by atoms with Crippen molar-refractivity contribution < 1.29 is 8.98 Å². The van der Waals surface area contributed by atoms with Gasteiger partial charge in [-0.3, -0.25) is 0 Å². The fourth-order valence-corrected chi connectivity index (χ4v) is 1.34. The molecule has 66 valence electrons. The van der Waals surface area contributed by atoms with Crippen LogP contribution in [-0.4, -0.2) is 0 Å². The number of aromatic nitrogens is 1. The number of aryl methyl sites for hydroxylation is 2. The van der Waals surface area contributed by atoms with E-state index >= 15 is 0 Å². The molecule has 0 bridgehead atoms. The van der Waals surface area contributed by atoms with Crippen LogP contribution in [-0.2, 0) is 7.05 Å². The molecule has 0 saturated heterocycles. The lowest BCUT2D eigenvalue weighted by Gasteiger charge is -1.96. The predicted octanol–water partition coefficient (Wildman–Crippen LogP) is 0.926. The van der Waals surface area contributed by atoms with Crippen molar-refractivity contribution >= 4 is 11.0 Å². The molecule has 0 N–H and O–H groups in total. The normalized spacial score (nSPS) is 10.6. The molecule has 0 radical (unpaired) electrons. The maximum absolute atomic E-state index is 11.2. The molecule has 0 saturated carbocycles. The van der Waals surface area contributed by atoms with Gasteiger partial charge in [0.15, 0.2) is 11.8 Å². The molecular weight excluding hydrogens is 166 g/mol. The second kappa shape index (κ2) is 2.69. The summed E-state index contributed by atoms with van der Waals surface area (Å²) in [4.78, 5) is 11.2. The van der Waals surface area contributed by atoms with Gasteiger partial charge in [0.2, 0.25) is 0 Å². The fourth-order valence-electron chi connectivity index (χ4n) is 1.34. The smallest absolute Gasteiger partial charge is 0.371 e. The maximum atomic E-state index is 11.2. The van der Waals surface area contributed by atoms with Crippen LogP contribution in [0.4, 0.5) is 0 Å². The summed E-state index contributed by atoms with van der Waals surface area (Å²) in [5, 5.41) is 0.946. The van der Waals surface area contributed by atoms with Gasteiger partial charge in [0.25, 0.3) is 0 Å². The zero-order valence-electron chi connectivity index (χ0n) is 7.57. The van der Waals surface area contributed by atoms with Gasteiger partial charge in [0, 0.05) is 0 Å². The highest BCUT2D eigenvalue weighted by atomic mass is 16.4. The molecule has 3 nitrogen and oxygen atoms in total. The molecule has 0 atom stereocenters. The van der Waals surface area contributed by atoms with Crippen LogP contribution >= 0.6 is 0 Å². The highest BCUT2D eigenvalue weighted by Gasteiger charge is 2.08. The molecule has 2 rings (SSSR count). The van der Waals surface area contributed by atoms with E-state index in [9.17, 15) is 4.79 Å². The van der Waals surface area contributed by atoms with Crippen LogP contribution < -0.4 is 10.3 Å². The third-order valence-electron chi connectivity index (χ3n) is 2.05. The third-order valence-corrected chi connectivity index (χ3v) is 2.05. The van der Waals surface area contributed by atoms with Gasteiger partial charge in [-0.15, -0.1) is 4.57 Å². The van der Waals surface area contributed by atoms with Gasteiger partial charge in [-0.1, -0.05) is 12.1 Å². The van der Waals surface area contributed by atoms with Gasteiger partial charge < -0.3 is 4.42 Å². The minimum atomic E-state index is -0.332. The first-order chi connectivity index (χ1) is 6.18. The standard InChI is InChI=1S/C10H10NO2/c1-7-4-3-5-8-6-11(2)10(12)13-9(7)8/h3-6H,1-2H3/q+1. The summed E-state index contributed by atoms with van der Waals surface area (Å²) in [6.45, 7) is 1.92. The predicted molar refractivity (Wildman–Crippen MR) is 48.4 cm³/mol. The summed E-state index contributed by atoms with van der Waals surface area (Å²) in [7, 11) is 1.67. The maximum Gasteiger partial charge on any atom is 0.601 e. The molecule has 0 fully saturated rings. The Bertz CT molecular complexity index is 514. The minimum absolute atomic E-state index is 0.332. The molecule has 0 aliphatic carbocycles. The van der Waals surface area contributed by atoms with E-state index in [1.807, 2.05) is 25.1 Å². The molecule has 2 aromatic rings. The van der Waals surface area contributed by atoms with Crippen molar-refractivity contribution in [3.8, 4) is 0 Å². The van der Waals surface area contributed by atoms with Gasteiger partial charge in [0.1, 0.15) is 7.05 Å². The molecule has 1 aromatic carbocycles. The van der Waals surface area contributed by atoms with Crippen LogP contribution in [0.2, 0.25) is 0 Å². The lowest BCUT2D eigenvalue weighted by Crippen LogP contribution is -2.45. The summed E-state index contributed by atoms with van der Waals surface area (Å²) in [6, 6.07) is 5.79. The van der Waals surface area contributed by atoms with Gasteiger partial charge in [-0.05, 0) is 18.6 Å². The Labute approximate surface area is 75.2 Å². The van der Waals surface area contributed by atoms with Crippen molar-refractivity contribution in [1.29, 1.82) is 0 Å². The minimum Gasteiger partial charge on any atom is -0.371 e. The Morgan fingerprint density at radius 1 is 1.38 bits per heavy atom. The second-order valence-electron chi connectivity index (χ2n) is 3.10. The zero-order chi connectivity index (χ0) is 9.42. The average molecular weight is 176 g/mol. The first-order valence-electron chi connectivity index (χ1n) is 4.07. The molecule has 0 aliphatic rings. The second-order valence-corrected chi connectivity index (χ2v) is 3.10. The Balaban J connectivity index is 2.97. The highest BCUT2D eigenvalue weighted by molar-refractivity contribution is 5.77. The lowest BCUT2D eigenvalue weighted by molar-refractivity contribution is -0.696. The van der Waals surface area contributed by atoms with E-state index in [0.29, 0.717) is 5.58 Å². The first-order valence-corrected chi connectivity index (χ1v) is 4.07. The van der Waals surface area contributed by atoms with Gasteiger partial charge in [-0.25, -0.2) is 0 Å². The largest absolute Gasteiger partial charge is 0.601 e. The van der Waals surface area contributed by atoms with Gasteiger partial charge in [-0.2, -0.15) is 4.79 Å². The number of benzene rings is 1. The zero-order valence-corrected chi connectivity index (χ0v) is 7.57. The number of hydrogen-bond donors (Lipinski definition) is 0. The topological polar surface area (TPSA) is 34.1 Å². The van der Waals surface area contributed by atoms with E-state index in [1.54, 1.807) is 13.2 Å². The van der Waals surface area contributed by atoms with E-state index in [0.717, 1.165) is 10.9 Å². The van der Waals surface area contributed by atoms with Crippen molar-refractivity contribution in [3.05, 3.63) is 40.5 Å². The van der Waals surface area contributed by atoms with Crippen LogP contribution in [0.15, 0.2) is 33.6 Å². The molecule has 0 unspecified atom stereocenters. The Kier molecular flexibility index (Phi) is 1.65. The van der Waals surface area contributed by atoms with Crippen molar-refractivity contribution in [1.82, 2.24) is 0 Å². The van der Waals surface area contributed by atoms with E-state index in [1.165, 1.54) is 4.57 Å². The van der Waals surface area contributed by atoms with E-state index in [-0.39, 0.29) is 5.76 Å². The Morgan fingerprint density at radius 3 is 2.92 bits per heavy atom. The third kappa shape index (κ3) is 1.22. The van der Waals surface area contributed by atoms with Crippen molar-refractivity contribution in [2.75, 3.05) is 0 Å². The SMILES string of the molecule is Cc1cccc2c[n+](C)c(=O)oc12. The summed E-state index contributed by atoms with van der Waals surface area (Å²) < 4.78 is 6.56. The number of rotatable bonds is 0. The highest BCUT2D eigenvalue weighted by Crippen LogP contribution is 2.13. The summed E-state index contributed by atoms with van der Waals surface area (Å²) >= 11 is 0. The molecule has 1 aromatic heterocycles. The lowest BCUT2D eigenvalue weighted by atomic mass is 10.2. The van der Waals surface area contributed by atoms with Crippen LogP contribution in [0.25, 0.3) is 11.0 Å². The summed E-state index contributed by atoms with van der Waals surface area (Å²) in [6.07, 6.45) is 1.77. The van der Waals surface area contributed by atoms with Crippen LogP contribution in [0.3, 0.4) is 0 Å². The number of hydrogen-bond acceptors (Lipinski definition) is 2. The molecule has 13 heavy (non-hydrogen) atoms. The fraction of sp³-hybridized carbons (Fsp3) is 0.200. The number of para-hydroxylation sites is 1. The van der Waals surface area contributed by atoms with E-state index in [4.69, 9.17) is 4.42 Å². The number of nitrogens with zero attached hydrogens (tertiary/aromatic N) is 1. The molecule has 1 heterocycles. The monoisotopic (exact) mass is 176 g/mol. The number of fused-ring (bicyclic) bond motifs is 1. The Hall–Kier alpha value is -1.64. The molecule has 0 aliphatic heterocycles. The van der Waals surface area contributed by atoms with Crippen molar-refractivity contribution in [3.63, 3.8) is 0 Å². The van der Waals surface area contributed by atoms with Crippen LogP contribution in [0, 0.1) is 6.92 Å². The first kappa shape index (κ1) is 7.98. The van der Waals surface area contributed by atoms with Crippen LogP contribution in [0.1, 0.15) is 5.56 Å². The summed E-state index contributed by atoms with van der Waals surface area (Å²) in [5.74, 6) is -0.332. The molecule has 0 spiro atoms. The van der Waals surface area contributed by atoms with Gasteiger partial charge in [0.05, 0.1) is 5.39 Å².